The third kappa shape index (κ3) is 6.10. The van der Waals surface area contributed by atoms with Crippen molar-refractivity contribution in [2.45, 2.75) is 32.4 Å². The molecule has 10 nitrogen and oxygen atoms in total. The molecule has 3 atom stereocenters. The van der Waals surface area contributed by atoms with Gasteiger partial charge in [0.15, 0.2) is 0 Å². The minimum atomic E-state index is -3.02. The van der Waals surface area contributed by atoms with Gasteiger partial charge in [-0.3, -0.25) is 14.5 Å². The van der Waals surface area contributed by atoms with Crippen molar-refractivity contribution in [2.24, 2.45) is 10.9 Å². The summed E-state index contributed by atoms with van der Waals surface area (Å²) < 4.78 is 48.5. The van der Waals surface area contributed by atoms with Gasteiger partial charge in [0, 0.05) is 79.6 Å². The summed E-state index contributed by atoms with van der Waals surface area (Å²) in [6.07, 6.45) is 1.60. The van der Waals surface area contributed by atoms with E-state index in [2.05, 4.69) is 25.2 Å². The lowest BCUT2D eigenvalue weighted by Crippen LogP contribution is -2.55. The first-order chi connectivity index (χ1) is 19.6. The van der Waals surface area contributed by atoms with Crippen molar-refractivity contribution >= 4 is 35.4 Å². The number of nitrogens with zero attached hydrogens (tertiary/aromatic N) is 6. The number of aromatic nitrogens is 2. The number of halogens is 3. The van der Waals surface area contributed by atoms with Crippen molar-refractivity contribution in [3.8, 4) is 11.1 Å². The van der Waals surface area contributed by atoms with Crippen LogP contribution in [0.4, 0.5) is 30.5 Å². The number of ether oxygens (including phenoxy) is 1. The van der Waals surface area contributed by atoms with Gasteiger partial charge in [-0.2, -0.15) is 0 Å². The van der Waals surface area contributed by atoms with Crippen molar-refractivity contribution in [1.82, 2.24) is 14.9 Å². The van der Waals surface area contributed by atoms with Crippen LogP contribution in [0, 0.1) is 11.7 Å². The summed E-state index contributed by atoms with van der Waals surface area (Å²) in [5, 5.41) is 2.72. The molecule has 3 aliphatic rings. The van der Waals surface area contributed by atoms with E-state index in [4.69, 9.17) is 4.74 Å². The van der Waals surface area contributed by atoms with E-state index in [0.717, 1.165) is 6.21 Å². The quantitative estimate of drug-likeness (QED) is 0.565. The Morgan fingerprint density at radius 3 is 2.37 bits per heavy atom. The van der Waals surface area contributed by atoms with Crippen LogP contribution < -0.4 is 15.1 Å². The first kappa shape index (κ1) is 28.7. The molecule has 1 unspecified atom stereocenters. The number of aliphatic imine (C=N–C) groups is 1. The number of morpholine rings is 1. The van der Waals surface area contributed by atoms with Crippen LogP contribution in [-0.4, -0.2) is 97.8 Å². The average molecular weight is 572 g/mol. The summed E-state index contributed by atoms with van der Waals surface area (Å²) in [5.74, 6) is -3.15. The van der Waals surface area contributed by atoms with Crippen molar-refractivity contribution in [3.63, 3.8) is 0 Å². The maximum Gasteiger partial charge on any atom is 0.269 e. The highest BCUT2D eigenvalue weighted by molar-refractivity contribution is 6.11. The number of hydrogen-bond donors (Lipinski definition) is 1. The molecule has 0 aliphatic carbocycles. The first-order valence-corrected chi connectivity index (χ1v) is 13.5. The SMILES string of the molecule is C[C@@H]1CN(c2cc(F)c(-c3cnc(N4CCOCC4)nc3)cc2NC(=O)C2C=NC(=O)C=C2C(F)F)C[C@H](C)N1C. The summed E-state index contributed by atoms with van der Waals surface area (Å²) in [4.78, 5) is 43.4. The third-order valence-electron chi connectivity index (χ3n) is 7.82. The van der Waals surface area contributed by atoms with Crippen LogP contribution in [0.1, 0.15) is 13.8 Å². The van der Waals surface area contributed by atoms with Gasteiger partial charge in [-0.15, -0.1) is 0 Å². The summed E-state index contributed by atoms with van der Waals surface area (Å²) in [5.41, 5.74) is 0.556. The van der Waals surface area contributed by atoms with Gasteiger partial charge >= 0.3 is 0 Å². The fraction of sp³-hybridized carbons (Fsp3) is 0.464. The number of rotatable bonds is 6. The van der Waals surface area contributed by atoms with E-state index in [1.807, 2.05) is 30.7 Å². The average Bonchev–Trinajstić information content (AvgIpc) is 2.96. The van der Waals surface area contributed by atoms with E-state index >= 15 is 4.39 Å². The van der Waals surface area contributed by atoms with E-state index in [-0.39, 0.29) is 23.3 Å². The number of nitrogens with one attached hydrogen (secondary N) is 1. The van der Waals surface area contributed by atoms with Crippen LogP contribution >= 0.6 is 0 Å². The molecule has 0 saturated carbocycles. The Morgan fingerprint density at radius 2 is 1.73 bits per heavy atom. The van der Waals surface area contributed by atoms with Crippen LogP contribution in [0.5, 0.6) is 0 Å². The fourth-order valence-electron chi connectivity index (χ4n) is 5.27. The van der Waals surface area contributed by atoms with Gasteiger partial charge in [-0.1, -0.05) is 0 Å². The van der Waals surface area contributed by atoms with E-state index in [0.29, 0.717) is 62.7 Å². The number of likely N-dealkylation sites (N-methyl/N-ethyl adjacent to an activating group) is 1. The molecule has 3 aliphatic heterocycles. The van der Waals surface area contributed by atoms with Gasteiger partial charge < -0.3 is 19.9 Å². The molecule has 0 spiro atoms. The van der Waals surface area contributed by atoms with Crippen LogP contribution in [0.3, 0.4) is 0 Å². The van der Waals surface area contributed by atoms with Gasteiger partial charge in [0.25, 0.3) is 12.3 Å². The Morgan fingerprint density at radius 1 is 1.07 bits per heavy atom. The number of hydrogen-bond acceptors (Lipinski definition) is 8. The molecule has 5 rings (SSSR count). The number of carbonyl (C=O) groups excluding carboxylic acids is 2. The second-order valence-corrected chi connectivity index (χ2v) is 10.5. The molecule has 0 bridgehead atoms. The molecule has 2 saturated heterocycles. The monoisotopic (exact) mass is 571 g/mol. The zero-order valence-electron chi connectivity index (χ0n) is 23.1. The van der Waals surface area contributed by atoms with Crippen LogP contribution in [-0.2, 0) is 14.3 Å². The number of amides is 2. The third-order valence-corrected chi connectivity index (χ3v) is 7.82. The molecule has 1 aromatic heterocycles. The topological polar surface area (TPSA) is 103 Å². The highest BCUT2D eigenvalue weighted by atomic mass is 19.3. The van der Waals surface area contributed by atoms with E-state index in [9.17, 15) is 18.4 Å². The predicted octanol–water partition coefficient (Wildman–Crippen LogP) is 3.01. The largest absolute Gasteiger partial charge is 0.378 e. The normalized spacial score (nSPS) is 23.6. The lowest BCUT2D eigenvalue weighted by atomic mass is 9.96. The van der Waals surface area contributed by atoms with Crippen molar-refractivity contribution < 1.29 is 27.5 Å². The molecular formula is C28H32F3N7O3. The highest BCUT2D eigenvalue weighted by Crippen LogP contribution is 2.36. The Balaban J connectivity index is 1.50. The standard InChI is InChI=1S/C28H32F3N7O3/c1-16-14-38(15-17(2)36(16)3)24-10-22(29)19(18-11-33-28(34-12-18)37-4-6-41-7-5-37)8-23(24)35-27(40)21-13-32-25(39)9-20(21)26(30)31/h8-13,16-17,21,26H,4-7,14-15H2,1-3H3,(H,35,40)/t16-,17+,21?. The maximum absolute atomic E-state index is 15.7. The molecule has 218 valence electrons. The minimum absolute atomic E-state index is 0.135. The molecule has 2 aromatic rings. The van der Waals surface area contributed by atoms with Gasteiger partial charge in [-0.25, -0.2) is 28.1 Å². The minimum Gasteiger partial charge on any atom is -0.378 e. The summed E-state index contributed by atoms with van der Waals surface area (Å²) in [6, 6.07) is 3.08. The maximum atomic E-state index is 15.7. The number of piperazine rings is 1. The summed E-state index contributed by atoms with van der Waals surface area (Å²) in [7, 11) is 2.02. The molecule has 41 heavy (non-hydrogen) atoms. The molecular weight excluding hydrogens is 539 g/mol. The molecule has 2 amide bonds. The van der Waals surface area contributed by atoms with Gasteiger partial charge in [-0.05, 0) is 33.0 Å². The second kappa shape index (κ2) is 12.0. The number of alkyl halides is 2. The first-order valence-electron chi connectivity index (χ1n) is 13.5. The Bertz CT molecular complexity index is 1350. The fourth-order valence-corrected chi connectivity index (χ4v) is 5.27. The predicted molar refractivity (Wildman–Crippen MR) is 149 cm³/mol. The number of dihydropyridines is 1. The zero-order valence-corrected chi connectivity index (χ0v) is 23.1. The second-order valence-electron chi connectivity index (χ2n) is 10.5. The van der Waals surface area contributed by atoms with Crippen LogP contribution in [0.15, 0.2) is 41.2 Å². The zero-order chi connectivity index (χ0) is 29.3. The Hall–Kier alpha value is -3.84. The lowest BCUT2D eigenvalue weighted by Gasteiger charge is -2.44. The summed E-state index contributed by atoms with van der Waals surface area (Å²) >= 11 is 0. The van der Waals surface area contributed by atoms with Crippen LogP contribution in [0.25, 0.3) is 11.1 Å². The molecule has 1 aromatic carbocycles. The van der Waals surface area contributed by atoms with Gasteiger partial charge in [0.05, 0.1) is 24.6 Å². The van der Waals surface area contributed by atoms with Crippen molar-refractivity contribution in [3.05, 3.63) is 42.0 Å². The number of carbonyl (C=O) groups is 2. The smallest absolute Gasteiger partial charge is 0.269 e. The number of anilines is 3. The van der Waals surface area contributed by atoms with Crippen molar-refractivity contribution in [1.29, 1.82) is 0 Å². The molecule has 0 radical (unpaired) electrons. The van der Waals surface area contributed by atoms with E-state index < -0.39 is 35.5 Å². The molecule has 1 N–H and O–H groups in total. The number of benzene rings is 1. The van der Waals surface area contributed by atoms with Crippen molar-refractivity contribution in [2.75, 3.05) is 61.6 Å². The van der Waals surface area contributed by atoms with Crippen LogP contribution in [0.2, 0.25) is 0 Å². The highest BCUT2D eigenvalue weighted by Gasteiger charge is 2.33. The molecule has 4 heterocycles. The molecule has 13 heteroatoms. The van der Waals surface area contributed by atoms with E-state index in [1.165, 1.54) is 24.5 Å². The van der Waals surface area contributed by atoms with Gasteiger partial charge in [0.2, 0.25) is 11.9 Å². The van der Waals surface area contributed by atoms with Gasteiger partial charge in [0.1, 0.15) is 11.7 Å². The lowest BCUT2D eigenvalue weighted by molar-refractivity contribution is -0.117. The summed E-state index contributed by atoms with van der Waals surface area (Å²) in [6.45, 7) is 7.63. The Labute approximate surface area is 235 Å². The Kier molecular flexibility index (Phi) is 8.36. The molecule has 2 fully saturated rings. The van der Waals surface area contributed by atoms with E-state index in [1.54, 1.807) is 0 Å².